The van der Waals surface area contributed by atoms with E-state index < -0.39 is 0 Å². The number of nitrogens with one attached hydrogen (secondary N) is 1. The fraction of sp³-hybridized carbons (Fsp3) is 0.286. The number of carbonyl (C=O) groups excluding carboxylic acids is 1. The summed E-state index contributed by atoms with van der Waals surface area (Å²) in [6.45, 7) is 0.730. The second-order valence-electron chi connectivity index (χ2n) is 4.63. The number of ether oxygens (including phenoxy) is 1. The molecule has 7 heteroatoms. The minimum atomic E-state index is -0.0989. The average molecular weight is 289 g/mol. The molecule has 1 aromatic carbocycles. The van der Waals surface area contributed by atoms with Gasteiger partial charge in [-0.05, 0) is 18.2 Å². The summed E-state index contributed by atoms with van der Waals surface area (Å²) in [6.07, 6.45) is 3.71. The summed E-state index contributed by atoms with van der Waals surface area (Å²) in [7, 11) is 1.85. The van der Waals surface area contributed by atoms with Gasteiger partial charge in [-0.2, -0.15) is 0 Å². The summed E-state index contributed by atoms with van der Waals surface area (Å²) in [6, 6.07) is 5.06. The number of nitrogen functional groups attached to an aromatic ring is 2. The molecule has 1 aliphatic heterocycles. The molecule has 0 fully saturated rings. The van der Waals surface area contributed by atoms with Crippen molar-refractivity contribution in [2.75, 3.05) is 31.7 Å². The molecule has 1 aromatic rings. The quantitative estimate of drug-likeness (QED) is 0.500. The molecule has 0 atom stereocenters. The molecule has 0 bridgehead atoms. The summed E-state index contributed by atoms with van der Waals surface area (Å²) in [5.41, 5.74) is 12.4. The van der Waals surface area contributed by atoms with Crippen molar-refractivity contribution in [2.45, 2.75) is 6.42 Å². The van der Waals surface area contributed by atoms with Crippen molar-refractivity contribution in [3.63, 3.8) is 0 Å². The van der Waals surface area contributed by atoms with Gasteiger partial charge in [0.05, 0.1) is 19.3 Å². The van der Waals surface area contributed by atoms with Gasteiger partial charge in [-0.3, -0.25) is 4.79 Å². The van der Waals surface area contributed by atoms with E-state index in [0.717, 1.165) is 5.84 Å². The van der Waals surface area contributed by atoms with Crippen LogP contribution < -0.4 is 26.5 Å². The van der Waals surface area contributed by atoms with Gasteiger partial charge in [-0.1, -0.05) is 4.99 Å². The Kier molecular flexibility index (Phi) is 4.65. The van der Waals surface area contributed by atoms with Crippen molar-refractivity contribution >= 4 is 23.1 Å². The van der Waals surface area contributed by atoms with Crippen molar-refractivity contribution < 1.29 is 9.53 Å². The molecule has 7 nitrogen and oxygen atoms in total. The normalized spacial score (nSPS) is 13.2. The Morgan fingerprint density at radius 2 is 2.24 bits per heavy atom. The summed E-state index contributed by atoms with van der Waals surface area (Å²) < 4.78 is 5.49. The van der Waals surface area contributed by atoms with Gasteiger partial charge in [-0.15, -0.1) is 0 Å². The number of carbonyl (C=O) groups is 1. The lowest BCUT2D eigenvalue weighted by atomic mass is 10.2. The lowest BCUT2D eigenvalue weighted by molar-refractivity contribution is -0.120. The fourth-order valence-corrected chi connectivity index (χ4v) is 1.82. The molecule has 2 rings (SSSR count). The van der Waals surface area contributed by atoms with E-state index in [0.29, 0.717) is 30.3 Å². The molecule has 0 aliphatic carbocycles. The monoisotopic (exact) mass is 289 g/mol. The Morgan fingerprint density at radius 1 is 1.43 bits per heavy atom. The number of nitrogens with zero attached hydrogens (tertiary/aromatic N) is 2. The molecule has 1 radical (unpaired) electrons. The van der Waals surface area contributed by atoms with Gasteiger partial charge in [-0.25, -0.2) is 4.90 Å². The zero-order valence-electron chi connectivity index (χ0n) is 11.9. The minimum absolute atomic E-state index is 0.0989. The van der Waals surface area contributed by atoms with E-state index >= 15 is 0 Å². The molecular formula is C14H19N5O2+. The average Bonchev–Trinajstić information content (AvgIpc) is 2.82. The third kappa shape index (κ3) is 4.13. The van der Waals surface area contributed by atoms with E-state index in [4.69, 9.17) is 16.2 Å². The topological polar surface area (TPSA) is 108 Å². The number of hydrogen-bond acceptors (Lipinski definition) is 6. The summed E-state index contributed by atoms with van der Waals surface area (Å²) in [5, 5.41) is 2.77. The summed E-state index contributed by atoms with van der Waals surface area (Å²) in [5.74, 6) is 1.18. The number of nitrogens with two attached hydrogens (primary N) is 2. The fourth-order valence-electron chi connectivity index (χ4n) is 1.82. The third-order valence-electron chi connectivity index (χ3n) is 2.96. The van der Waals surface area contributed by atoms with Crippen LogP contribution in [0.4, 0.5) is 11.4 Å². The van der Waals surface area contributed by atoms with Crippen LogP contribution in [0, 0.1) is 0 Å². The van der Waals surface area contributed by atoms with Gasteiger partial charge in [0.2, 0.25) is 5.91 Å². The molecule has 1 amide bonds. The Balaban J connectivity index is 1.68. The molecule has 1 heterocycles. The van der Waals surface area contributed by atoms with E-state index in [9.17, 15) is 4.79 Å². The highest BCUT2D eigenvalue weighted by molar-refractivity contribution is 6.00. The summed E-state index contributed by atoms with van der Waals surface area (Å²) >= 11 is 0. The van der Waals surface area contributed by atoms with Crippen LogP contribution in [0.25, 0.3) is 0 Å². The number of anilines is 2. The molecule has 1 aliphatic rings. The van der Waals surface area contributed by atoms with Crippen LogP contribution in [0.1, 0.15) is 6.42 Å². The van der Waals surface area contributed by atoms with E-state index in [1.54, 1.807) is 30.6 Å². The molecule has 111 valence electrons. The second-order valence-corrected chi connectivity index (χ2v) is 4.63. The molecule has 0 spiro atoms. The van der Waals surface area contributed by atoms with Crippen LogP contribution in [0.5, 0.6) is 5.75 Å². The highest BCUT2D eigenvalue weighted by Crippen LogP contribution is 2.23. The first-order valence-electron chi connectivity index (χ1n) is 6.57. The highest BCUT2D eigenvalue weighted by atomic mass is 16.5. The standard InChI is InChI=1S/C14H19N5O2/c1-19-6-4-17-13(19)9-14(20)18-5-7-21-12-3-2-10(15)8-11(12)16/h2-4,6,8H,5,7,9,15-16H2,1H3,(H,18,20)/q+1. The first-order valence-corrected chi connectivity index (χ1v) is 6.57. The molecule has 5 N–H and O–H groups in total. The van der Waals surface area contributed by atoms with Crippen molar-refractivity contribution in [2.24, 2.45) is 0 Å². The largest absolute Gasteiger partial charge is 0.490 e. The lowest BCUT2D eigenvalue weighted by Crippen LogP contribution is -2.33. The minimum Gasteiger partial charge on any atom is -0.490 e. The Bertz CT molecular complexity index is 583. The van der Waals surface area contributed by atoms with E-state index in [2.05, 4.69) is 10.3 Å². The van der Waals surface area contributed by atoms with Crippen LogP contribution >= 0.6 is 0 Å². The third-order valence-corrected chi connectivity index (χ3v) is 2.96. The van der Waals surface area contributed by atoms with Gasteiger partial charge in [0, 0.05) is 5.69 Å². The first kappa shape index (κ1) is 14.7. The first-order chi connectivity index (χ1) is 10.1. The van der Waals surface area contributed by atoms with Gasteiger partial charge < -0.3 is 21.5 Å². The number of aliphatic imine (C=N–C) groups is 1. The second kappa shape index (κ2) is 6.65. The number of benzene rings is 1. The predicted octanol–water partition coefficient (Wildman–Crippen LogP) is -0.113. The zero-order valence-corrected chi connectivity index (χ0v) is 11.9. The molecule has 0 saturated heterocycles. The SMILES string of the molecule is CN1C=C[N+]=C1CC(=O)NCCOc1ccc(N)cc1N. The smallest absolute Gasteiger partial charge is 0.307 e. The predicted molar refractivity (Wildman–Crippen MR) is 82.4 cm³/mol. The van der Waals surface area contributed by atoms with E-state index in [-0.39, 0.29) is 12.3 Å². The van der Waals surface area contributed by atoms with Gasteiger partial charge in [0.15, 0.2) is 6.20 Å². The Labute approximate surface area is 123 Å². The summed E-state index contributed by atoms with van der Waals surface area (Å²) in [4.78, 5) is 17.6. The van der Waals surface area contributed by atoms with Crippen molar-refractivity contribution in [1.29, 1.82) is 0 Å². The Morgan fingerprint density at radius 3 is 2.90 bits per heavy atom. The molecule has 0 unspecified atom stereocenters. The van der Waals surface area contributed by atoms with E-state index in [1.165, 1.54) is 0 Å². The zero-order chi connectivity index (χ0) is 15.2. The van der Waals surface area contributed by atoms with Crippen molar-refractivity contribution in [1.82, 2.24) is 15.2 Å². The van der Waals surface area contributed by atoms with Crippen LogP contribution in [0.2, 0.25) is 0 Å². The van der Waals surface area contributed by atoms with Crippen molar-refractivity contribution in [3.05, 3.63) is 30.6 Å². The maximum absolute atomic E-state index is 11.7. The maximum atomic E-state index is 11.7. The van der Waals surface area contributed by atoms with Crippen LogP contribution in [0.15, 0.2) is 30.6 Å². The van der Waals surface area contributed by atoms with Gasteiger partial charge in [0.1, 0.15) is 25.0 Å². The van der Waals surface area contributed by atoms with Crippen molar-refractivity contribution in [3.8, 4) is 5.75 Å². The molecule has 0 saturated carbocycles. The van der Waals surface area contributed by atoms with Gasteiger partial charge >= 0.3 is 5.84 Å². The van der Waals surface area contributed by atoms with Gasteiger partial charge in [0.25, 0.3) is 0 Å². The number of amidine groups is 1. The highest BCUT2D eigenvalue weighted by Gasteiger charge is 2.22. The molecular weight excluding hydrogens is 270 g/mol. The molecule has 0 aromatic heterocycles. The Hall–Kier alpha value is -2.70. The maximum Gasteiger partial charge on any atom is 0.307 e. The molecule has 21 heavy (non-hydrogen) atoms. The van der Waals surface area contributed by atoms with E-state index in [1.807, 2.05) is 11.9 Å². The van der Waals surface area contributed by atoms with Crippen LogP contribution in [-0.4, -0.2) is 36.8 Å². The number of rotatable bonds is 6. The lowest BCUT2D eigenvalue weighted by Gasteiger charge is -2.10. The van der Waals surface area contributed by atoms with Crippen LogP contribution in [-0.2, 0) is 4.79 Å². The number of hydrogen-bond donors (Lipinski definition) is 3. The van der Waals surface area contributed by atoms with Crippen LogP contribution in [0.3, 0.4) is 0 Å². The number of amides is 1.